The first-order valence-electron chi connectivity index (χ1n) is 19.9. The van der Waals surface area contributed by atoms with Crippen molar-refractivity contribution in [3.05, 3.63) is 229 Å². The SMILES string of the molecule is NC(=NC(=NCc1ccc(-c2ccccc2)cc1)c1ccc(-c2ccccc2)cc1)c1c(-c2ccc3cc(-c4ccccc4)ccc3c2)ccc2oc3ccccc3c12. The molecule has 9 aromatic carbocycles. The number of furan rings is 1. The number of fused-ring (bicyclic) bond motifs is 4. The van der Waals surface area contributed by atoms with E-state index in [-0.39, 0.29) is 0 Å². The number of benzene rings is 9. The van der Waals surface area contributed by atoms with E-state index in [1.54, 1.807) is 0 Å². The topological polar surface area (TPSA) is 63.9 Å². The molecule has 0 atom stereocenters. The van der Waals surface area contributed by atoms with Gasteiger partial charge in [0.1, 0.15) is 17.0 Å². The lowest BCUT2D eigenvalue weighted by atomic mass is 9.92. The Morgan fingerprint density at radius 1 is 0.441 bits per heavy atom. The van der Waals surface area contributed by atoms with Gasteiger partial charge in [0.2, 0.25) is 0 Å². The van der Waals surface area contributed by atoms with Gasteiger partial charge in [-0.3, -0.25) is 4.99 Å². The van der Waals surface area contributed by atoms with Gasteiger partial charge in [0.05, 0.1) is 6.54 Å². The van der Waals surface area contributed by atoms with Crippen molar-refractivity contribution in [2.24, 2.45) is 15.7 Å². The third-order valence-electron chi connectivity index (χ3n) is 11.0. The second-order valence-corrected chi connectivity index (χ2v) is 14.7. The molecule has 1 aromatic heterocycles. The van der Waals surface area contributed by atoms with E-state index >= 15 is 0 Å². The van der Waals surface area contributed by atoms with Crippen LogP contribution in [-0.2, 0) is 6.54 Å². The van der Waals surface area contributed by atoms with Crippen LogP contribution in [0.5, 0.6) is 0 Å². The maximum atomic E-state index is 7.29. The molecule has 0 aliphatic heterocycles. The number of nitrogens with zero attached hydrogens (tertiary/aromatic N) is 2. The van der Waals surface area contributed by atoms with Crippen LogP contribution in [0.2, 0.25) is 0 Å². The van der Waals surface area contributed by atoms with Crippen molar-refractivity contribution < 1.29 is 4.42 Å². The lowest BCUT2D eigenvalue weighted by molar-refractivity contribution is 0.669. The van der Waals surface area contributed by atoms with Gasteiger partial charge >= 0.3 is 0 Å². The Balaban J connectivity index is 1.10. The zero-order chi connectivity index (χ0) is 39.5. The van der Waals surface area contributed by atoms with E-state index in [2.05, 4.69) is 170 Å². The Labute approximate surface area is 343 Å². The van der Waals surface area contributed by atoms with Crippen LogP contribution in [-0.4, -0.2) is 11.7 Å². The summed E-state index contributed by atoms with van der Waals surface area (Å²) in [5, 5.41) is 4.21. The molecule has 0 radical (unpaired) electrons. The fraction of sp³-hybridized carbons (Fsp3) is 0.0182. The molecular formula is C55H39N3O. The standard InChI is InChI=1S/C55H39N3O/c56-54(58-55(43-26-24-42(25-27-43)39-14-6-2-7-15-39)57-36-37-20-22-41(23-21-37)38-12-4-1-5-13-38)53-48(32-33-51-52(53)49-18-10-11-19-50(49)59-51)47-31-30-45-34-44(28-29-46(45)35-47)40-16-8-3-9-17-40/h1-35H,36H2,(H2,56,57,58). The predicted molar refractivity (Wildman–Crippen MR) is 247 cm³/mol. The van der Waals surface area contributed by atoms with Gasteiger partial charge < -0.3 is 10.2 Å². The average molecular weight is 758 g/mol. The largest absolute Gasteiger partial charge is 0.456 e. The van der Waals surface area contributed by atoms with Crippen LogP contribution in [0.15, 0.2) is 227 Å². The summed E-state index contributed by atoms with van der Waals surface area (Å²) in [6.07, 6.45) is 0. The number of aliphatic imine (C=N–C) groups is 2. The summed E-state index contributed by atoms with van der Waals surface area (Å²) in [6, 6.07) is 73.7. The molecule has 0 unspecified atom stereocenters. The molecule has 0 saturated heterocycles. The van der Waals surface area contributed by atoms with Gasteiger partial charge in [0, 0.05) is 21.9 Å². The molecule has 0 fully saturated rings. The Morgan fingerprint density at radius 3 is 1.59 bits per heavy atom. The molecule has 10 aromatic rings. The second kappa shape index (κ2) is 15.6. The highest BCUT2D eigenvalue weighted by Crippen LogP contribution is 2.38. The van der Waals surface area contributed by atoms with Crippen LogP contribution in [0.1, 0.15) is 16.7 Å². The van der Waals surface area contributed by atoms with Crippen LogP contribution in [0.25, 0.3) is 77.2 Å². The fourth-order valence-electron chi connectivity index (χ4n) is 7.95. The molecule has 2 N–H and O–H groups in total. The quantitative estimate of drug-likeness (QED) is 0.124. The summed E-state index contributed by atoms with van der Waals surface area (Å²) >= 11 is 0. The Kier molecular flexibility index (Phi) is 9.41. The van der Waals surface area contributed by atoms with E-state index in [0.717, 1.165) is 71.8 Å². The molecular weight excluding hydrogens is 719 g/mol. The van der Waals surface area contributed by atoms with Gasteiger partial charge in [-0.25, -0.2) is 4.99 Å². The van der Waals surface area contributed by atoms with E-state index in [1.165, 1.54) is 22.1 Å². The number of amidine groups is 2. The van der Waals surface area contributed by atoms with Crippen LogP contribution >= 0.6 is 0 Å². The maximum absolute atomic E-state index is 7.29. The van der Waals surface area contributed by atoms with Gasteiger partial charge in [-0.2, -0.15) is 0 Å². The summed E-state index contributed by atoms with van der Waals surface area (Å²) in [5.74, 6) is 0.916. The summed E-state index contributed by atoms with van der Waals surface area (Å²) in [4.78, 5) is 10.4. The zero-order valence-electron chi connectivity index (χ0n) is 32.3. The average Bonchev–Trinajstić information content (AvgIpc) is 3.69. The molecule has 280 valence electrons. The van der Waals surface area contributed by atoms with Crippen molar-refractivity contribution in [1.29, 1.82) is 0 Å². The van der Waals surface area contributed by atoms with Gasteiger partial charge in [-0.05, 0) is 91.2 Å². The number of rotatable bonds is 8. The Bertz CT molecular complexity index is 3150. The first-order chi connectivity index (χ1) is 29.1. The molecule has 59 heavy (non-hydrogen) atoms. The molecule has 0 aliphatic carbocycles. The van der Waals surface area contributed by atoms with E-state index in [4.69, 9.17) is 20.1 Å². The Morgan fingerprint density at radius 2 is 0.949 bits per heavy atom. The highest BCUT2D eigenvalue weighted by atomic mass is 16.3. The van der Waals surface area contributed by atoms with Crippen LogP contribution in [0, 0.1) is 0 Å². The molecule has 4 heteroatoms. The molecule has 4 nitrogen and oxygen atoms in total. The molecule has 0 bridgehead atoms. The number of para-hydroxylation sites is 1. The van der Waals surface area contributed by atoms with Crippen molar-refractivity contribution in [2.45, 2.75) is 6.54 Å². The van der Waals surface area contributed by atoms with Gasteiger partial charge in [0.25, 0.3) is 0 Å². The van der Waals surface area contributed by atoms with Crippen molar-refractivity contribution in [2.75, 3.05) is 0 Å². The van der Waals surface area contributed by atoms with E-state index in [1.807, 2.05) is 42.5 Å². The highest BCUT2D eigenvalue weighted by Gasteiger charge is 2.20. The van der Waals surface area contributed by atoms with Crippen molar-refractivity contribution in [3.63, 3.8) is 0 Å². The number of hydrogen-bond acceptors (Lipinski definition) is 2. The minimum Gasteiger partial charge on any atom is -0.456 e. The number of nitrogens with two attached hydrogens (primary N) is 1. The number of hydrogen-bond donors (Lipinski definition) is 1. The minimum absolute atomic E-state index is 0.363. The minimum atomic E-state index is 0.363. The first-order valence-corrected chi connectivity index (χ1v) is 19.9. The molecule has 1 heterocycles. The predicted octanol–water partition coefficient (Wildman–Crippen LogP) is 13.8. The van der Waals surface area contributed by atoms with Gasteiger partial charge in [-0.15, -0.1) is 0 Å². The monoisotopic (exact) mass is 757 g/mol. The first kappa shape index (κ1) is 35.6. The highest BCUT2D eigenvalue weighted by molar-refractivity contribution is 6.23. The molecule has 0 amide bonds. The lowest BCUT2D eigenvalue weighted by Crippen LogP contribution is -2.18. The van der Waals surface area contributed by atoms with Gasteiger partial charge in [-0.1, -0.05) is 182 Å². The summed E-state index contributed by atoms with van der Waals surface area (Å²) in [5.41, 5.74) is 20.6. The van der Waals surface area contributed by atoms with E-state index < -0.39 is 0 Å². The lowest BCUT2D eigenvalue weighted by Gasteiger charge is -2.14. The molecule has 0 saturated carbocycles. The van der Waals surface area contributed by atoms with Gasteiger partial charge in [0.15, 0.2) is 5.84 Å². The normalized spacial score (nSPS) is 12.1. The van der Waals surface area contributed by atoms with Crippen molar-refractivity contribution >= 4 is 44.4 Å². The van der Waals surface area contributed by atoms with Crippen molar-refractivity contribution in [3.8, 4) is 44.5 Å². The Hall–Kier alpha value is -7.82. The van der Waals surface area contributed by atoms with Crippen LogP contribution in [0.3, 0.4) is 0 Å². The fourth-order valence-corrected chi connectivity index (χ4v) is 7.95. The molecule has 10 rings (SSSR count). The smallest absolute Gasteiger partial charge is 0.157 e. The summed E-state index contributed by atoms with van der Waals surface area (Å²) in [7, 11) is 0. The van der Waals surface area contributed by atoms with E-state index in [9.17, 15) is 0 Å². The maximum Gasteiger partial charge on any atom is 0.157 e. The third-order valence-corrected chi connectivity index (χ3v) is 11.0. The second-order valence-electron chi connectivity index (χ2n) is 14.7. The summed E-state index contributed by atoms with van der Waals surface area (Å²) in [6.45, 7) is 0.433. The summed E-state index contributed by atoms with van der Waals surface area (Å²) < 4.78 is 6.41. The van der Waals surface area contributed by atoms with Crippen molar-refractivity contribution in [1.82, 2.24) is 0 Å². The van der Waals surface area contributed by atoms with Crippen LogP contribution < -0.4 is 5.73 Å². The zero-order valence-corrected chi connectivity index (χ0v) is 32.3. The van der Waals surface area contributed by atoms with E-state index in [0.29, 0.717) is 18.2 Å². The third kappa shape index (κ3) is 7.20. The molecule has 0 spiro atoms. The molecule has 0 aliphatic rings. The van der Waals surface area contributed by atoms with Crippen LogP contribution in [0.4, 0.5) is 0 Å².